The van der Waals surface area contributed by atoms with Crippen LogP contribution in [-0.2, 0) is 16.1 Å². The number of benzene rings is 2. The summed E-state index contributed by atoms with van der Waals surface area (Å²) in [5.41, 5.74) is 2.89. The van der Waals surface area contributed by atoms with Gasteiger partial charge in [0, 0.05) is 25.2 Å². The van der Waals surface area contributed by atoms with Crippen molar-refractivity contribution in [2.24, 2.45) is 5.92 Å². The molecule has 0 unspecified atom stereocenters. The molecule has 1 aliphatic heterocycles. The second-order valence-corrected chi connectivity index (χ2v) is 6.26. The van der Waals surface area contributed by atoms with Crippen molar-refractivity contribution >= 4 is 17.5 Å². The standard InChI is InChI=1S/C20H22N2O3/c1-14-6-3-4-9-18(14)22-13-16(11-19(22)23)20(24)21-12-15-7-5-8-17(10-15)25-2/h3-10,16H,11-13H2,1-2H3,(H,21,24)/t16-/m1/s1. The van der Waals surface area contributed by atoms with Crippen molar-refractivity contribution < 1.29 is 14.3 Å². The Balaban J connectivity index is 1.62. The number of amides is 2. The summed E-state index contributed by atoms with van der Waals surface area (Å²) in [4.78, 5) is 26.5. The Morgan fingerprint density at radius 2 is 2.04 bits per heavy atom. The maximum absolute atomic E-state index is 12.5. The highest BCUT2D eigenvalue weighted by Crippen LogP contribution is 2.27. The lowest BCUT2D eigenvalue weighted by atomic mass is 10.1. The van der Waals surface area contributed by atoms with E-state index in [0.29, 0.717) is 13.1 Å². The summed E-state index contributed by atoms with van der Waals surface area (Å²) in [6.45, 7) is 2.82. The Bertz CT molecular complexity index is 788. The third kappa shape index (κ3) is 3.82. The van der Waals surface area contributed by atoms with Crippen LogP contribution in [0.5, 0.6) is 5.75 Å². The molecule has 0 spiro atoms. The van der Waals surface area contributed by atoms with Crippen molar-refractivity contribution in [3.8, 4) is 5.75 Å². The number of nitrogens with one attached hydrogen (secondary N) is 1. The van der Waals surface area contributed by atoms with Crippen LogP contribution in [-0.4, -0.2) is 25.5 Å². The SMILES string of the molecule is COc1cccc(CNC(=O)[C@@H]2CC(=O)N(c3ccccc3C)C2)c1. The maximum atomic E-state index is 12.5. The molecule has 1 atom stereocenters. The first-order valence-corrected chi connectivity index (χ1v) is 8.35. The van der Waals surface area contributed by atoms with Crippen molar-refractivity contribution in [3.63, 3.8) is 0 Å². The normalized spacial score (nSPS) is 16.8. The lowest BCUT2D eigenvalue weighted by molar-refractivity contribution is -0.126. The van der Waals surface area contributed by atoms with Gasteiger partial charge in [0.1, 0.15) is 5.75 Å². The molecule has 0 bridgehead atoms. The Kier molecular flexibility index (Phi) is 5.03. The third-order valence-corrected chi connectivity index (χ3v) is 4.50. The average Bonchev–Trinajstić information content (AvgIpc) is 3.02. The first-order valence-electron chi connectivity index (χ1n) is 8.35. The highest BCUT2D eigenvalue weighted by atomic mass is 16.5. The molecule has 25 heavy (non-hydrogen) atoms. The molecular weight excluding hydrogens is 316 g/mol. The molecule has 2 amide bonds. The van der Waals surface area contributed by atoms with E-state index >= 15 is 0 Å². The fourth-order valence-electron chi connectivity index (χ4n) is 3.10. The molecule has 1 N–H and O–H groups in total. The van der Waals surface area contributed by atoms with E-state index in [1.54, 1.807) is 12.0 Å². The first kappa shape index (κ1) is 17.0. The molecule has 3 rings (SSSR count). The Labute approximate surface area is 147 Å². The zero-order valence-electron chi connectivity index (χ0n) is 14.5. The minimum absolute atomic E-state index is 0.00386. The van der Waals surface area contributed by atoms with Crippen molar-refractivity contribution in [2.45, 2.75) is 19.9 Å². The number of hydrogen-bond donors (Lipinski definition) is 1. The summed E-state index contributed by atoms with van der Waals surface area (Å²) in [7, 11) is 1.61. The van der Waals surface area contributed by atoms with Gasteiger partial charge >= 0.3 is 0 Å². The quantitative estimate of drug-likeness (QED) is 0.912. The fraction of sp³-hybridized carbons (Fsp3) is 0.300. The summed E-state index contributed by atoms with van der Waals surface area (Å²) >= 11 is 0. The highest BCUT2D eigenvalue weighted by molar-refractivity contribution is 6.00. The molecule has 2 aromatic rings. The molecule has 5 nitrogen and oxygen atoms in total. The number of methoxy groups -OCH3 is 1. The summed E-state index contributed by atoms with van der Waals surface area (Å²) in [5, 5.41) is 2.93. The van der Waals surface area contributed by atoms with Gasteiger partial charge in [-0.25, -0.2) is 0 Å². The maximum Gasteiger partial charge on any atom is 0.227 e. The van der Waals surface area contributed by atoms with E-state index < -0.39 is 0 Å². The summed E-state index contributed by atoms with van der Waals surface area (Å²) in [6, 6.07) is 15.3. The van der Waals surface area contributed by atoms with E-state index in [-0.39, 0.29) is 24.2 Å². The fourth-order valence-corrected chi connectivity index (χ4v) is 3.10. The average molecular weight is 338 g/mol. The number of nitrogens with zero attached hydrogens (tertiary/aromatic N) is 1. The lowest BCUT2D eigenvalue weighted by Crippen LogP contribution is -2.32. The molecule has 1 fully saturated rings. The van der Waals surface area contributed by atoms with Crippen LogP contribution in [0.4, 0.5) is 5.69 Å². The van der Waals surface area contributed by atoms with Gasteiger partial charge in [-0.05, 0) is 36.2 Å². The monoisotopic (exact) mass is 338 g/mol. The first-order chi connectivity index (χ1) is 12.1. The zero-order valence-corrected chi connectivity index (χ0v) is 14.5. The topological polar surface area (TPSA) is 58.6 Å². The van der Waals surface area contributed by atoms with Crippen LogP contribution in [0.1, 0.15) is 17.5 Å². The lowest BCUT2D eigenvalue weighted by Gasteiger charge is -2.19. The van der Waals surface area contributed by atoms with E-state index in [9.17, 15) is 9.59 Å². The van der Waals surface area contributed by atoms with E-state index in [2.05, 4.69) is 5.32 Å². The minimum atomic E-state index is -0.322. The Hall–Kier alpha value is -2.82. The molecular formula is C20H22N2O3. The van der Waals surface area contributed by atoms with E-state index in [1.807, 2.05) is 55.5 Å². The zero-order chi connectivity index (χ0) is 17.8. The van der Waals surface area contributed by atoms with Crippen molar-refractivity contribution in [1.82, 2.24) is 5.32 Å². The number of anilines is 1. The van der Waals surface area contributed by atoms with Gasteiger partial charge in [0.15, 0.2) is 0 Å². The molecule has 1 heterocycles. The van der Waals surface area contributed by atoms with Gasteiger partial charge in [-0.2, -0.15) is 0 Å². The minimum Gasteiger partial charge on any atom is -0.497 e. The molecule has 5 heteroatoms. The van der Waals surface area contributed by atoms with Crippen molar-refractivity contribution in [1.29, 1.82) is 0 Å². The van der Waals surface area contributed by atoms with E-state index in [0.717, 1.165) is 22.6 Å². The predicted molar refractivity (Wildman–Crippen MR) is 96.5 cm³/mol. The molecule has 130 valence electrons. The van der Waals surface area contributed by atoms with Crippen molar-refractivity contribution in [2.75, 3.05) is 18.6 Å². The van der Waals surface area contributed by atoms with Gasteiger partial charge in [-0.1, -0.05) is 30.3 Å². The number of rotatable bonds is 5. The van der Waals surface area contributed by atoms with Gasteiger partial charge in [0.05, 0.1) is 13.0 Å². The van der Waals surface area contributed by atoms with Crippen LogP contribution >= 0.6 is 0 Å². The van der Waals surface area contributed by atoms with Crippen LogP contribution in [0.2, 0.25) is 0 Å². The van der Waals surface area contributed by atoms with E-state index in [4.69, 9.17) is 4.74 Å². The third-order valence-electron chi connectivity index (χ3n) is 4.50. The van der Waals surface area contributed by atoms with Crippen LogP contribution in [0.3, 0.4) is 0 Å². The summed E-state index contributed by atoms with van der Waals surface area (Å²) in [5.74, 6) is 0.342. The molecule has 0 radical (unpaired) electrons. The van der Waals surface area contributed by atoms with Crippen LogP contribution in [0.25, 0.3) is 0 Å². The van der Waals surface area contributed by atoms with Crippen molar-refractivity contribution in [3.05, 3.63) is 59.7 Å². The molecule has 1 aliphatic rings. The van der Waals surface area contributed by atoms with Gasteiger partial charge in [-0.3, -0.25) is 9.59 Å². The second kappa shape index (κ2) is 7.38. The van der Waals surface area contributed by atoms with Crippen LogP contribution in [0, 0.1) is 12.8 Å². The number of ether oxygens (including phenoxy) is 1. The second-order valence-electron chi connectivity index (χ2n) is 6.26. The smallest absolute Gasteiger partial charge is 0.227 e. The Morgan fingerprint density at radius 3 is 2.80 bits per heavy atom. The van der Waals surface area contributed by atoms with Crippen LogP contribution in [0.15, 0.2) is 48.5 Å². The van der Waals surface area contributed by atoms with Gasteiger partial charge in [0.2, 0.25) is 11.8 Å². The number of carbonyl (C=O) groups is 2. The summed E-state index contributed by atoms with van der Waals surface area (Å²) in [6.07, 6.45) is 0.248. The molecule has 1 saturated heterocycles. The van der Waals surface area contributed by atoms with Crippen LogP contribution < -0.4 is 15.0 Å². The largest absolute Gasteiger partial charge is 0.497 e. The number of para-hydroxylation sites is 1. The molecule has 0 aliphatic carbocycles. The molecule has 0 aromatic heterocycles. The summed E-state index contributed by atoms with van der Waals surface area (Å²) < 4.78 is 5.19. The predicted octanol–water partition coefficient (Wildman–Crippen LogP) is 2.67. The number of hydrogen-bond acceptors (Lipinski definition) is 3. The Morgan fingerprint density at radius 1 is 1.24 bits per heavy atom. The van der Waals surface area contributed by atoms with E-state index in [1.165, 1.54) is 0 Å². The van der Waals surface area contributed by atoms with Gasteiger partial charge in [-0.15, -0.1) is 0 Å². The number of carbonyl (C=O) groups excluding carboxylic acids is 2. The highest BCUT2D eigenvalue weighted by Gasteiger charge is 2.35. The van der Waals surface area contributed by atoms with Gasteiger partial charge < -0.3 is 15.0 Å². The molecule has 0 saturated carbocycles. The van der Waals surface area contributed by atoms with Gasteiger partial charge in [0.25, 0.3) is 0 Å². The number of aryl methyl sites for hydroxylation is 1. The molecule has 2 aromatic carbocycles.